The highest BCUT2D eigenvalue weighted by Crippen LogP contribution is 2.04. The van der Waals surface area contributed by atoms with Crippen LogP contribution in [0, 0.1) is 0 Å². The van der Waals surface area contributed by atoms with E-state index < -0.39 is 0 Å². The van der Waals surface area contributed by atoms with E-state index in [0.717, 1.165) is 19.3 Å². The predicted molar refractivity (Wildman–Crippen MR) is 47.4 cm³/mol. The Morgan fingerprint density at radius 3 is 3.00 bits per heavy atom. The molecule has 0 spiro atoms. The topological polar surface area (TPSA) is 41.8 Å². The van der Waals surface area contributed by atoms with Crippen LogP contribution < -0.4 is 5.73 Å². The molecule has 0 aliphatic rings. The lowest BCUT2D eigenvalue weighted by Gasteiger charge is -2.05. The van der Waals surface area contributed by atoms with Gasteiger partial charge in [0.15, 0.2) is 0 Å². The van der Waals surface area contributed by atoms with Gasteiger partial charge in [-0.3, -0.25) is 0 Å². The third-order valence-electron chi connectivity index (χ3n) is 1.99. The molecule has 0 saturated carbocycles. The zero-order valence-electron chi connectivity index (χ0n) is 7.01. The van der Waals surface area contributed by atoms with Crippen molar-refractivity contribution >= 4 is 0 Å². The van der Waals surface area contributed by atoms with Crippen molar-refractivity contribution < 1.29 is 0 Å². The van der Waals surface area contributed by atoms with Gasteiger partial charge in [0.1, 0.15) is 0 Å². The van der Waals surface area contributed by atoms with Crippen LogP contribution in [0.4, 0.5) is 0 Å². The summed E-state index contributed by atoms with van der Waals surface area (Å²) in [5, 5.41) is 0. The lowest BCUT2D eigenvalue weighted by molar-refractivity contribution is 0.596. The number of nitrogens with one attached hydrogen (secondary N) is 1. The zero-order valence-corrected chi connectivity index (χ0v) is 7.01. The molecule has 0 amide bonds. The average Bonchev–Trinajstić information content (AvgIpc) is 2.52. The maximum absolute atomic E-state index is 5.78. The van der Waals surface area contributed by atoms with Crippen LogP contribution in [0.3, 0.4) is 0 Å². The molecule has 1 unspecified atom stereocenters. The Balaban J connectivity index is 2.23. The second-order valence-electron chi connectivity index (χ2n) is 2.93. The third-order valence-corrected chi connectivity index (χ3v) is 1.99. The minimum atomic E-state index is 0.366. The van der Waals surface area contributed by atoms with Crippen LogP contribution in [-0.2, 0) is 6.42 Å². The van der Waals surface area contributed by atoms with Crippen LogP contribution in [0.2, 0.25) is 0 Å². The average molecular weight is 152 g/mol. The summed E-state index contributed by atoms with van der Waals surface area (Å²) in [5.74, 6) is 0. The van der Waals surface area contributed by atoms with Gasteiger partial charge in [-0.2, -0.15) is 0 Å². The molecule has 1 heterocycles. The minimum absolute atomic E-state index is 0.366. The molecule has 1 rings (SSSR count). The fourth-order valence-corrected chi connectivity index (χ4v) is 1.07. The number of hydrogen-bond donors (Lipinski definition) is 2. The molecule has 0 fully saturated rings. The fourth-order valence-electron chi connectivity index (χ4n) is 1.07. The first kappa shape index (κ1) is 8.34. The van der Waals surface area contributed by atoms with E-state index in [1.165, 1.54) is 5.56 Å². The van der Waals surface area contributed by atoms with Crippen LogP contribution in [0.25, 0.3) is 0 Å². The van der Waals surface area contributed by atoms with E-state index in [9.17, 15) is 0 Å². The van der Waals surface area contributed by atoms with Gasteiger partial charge >= 0.3 is 0 Å². The Bertz CT molecular complexity index is 179. The highest BCUT2D eigenvalue weighted by molar-refractivity contribution is 5.08. The molecule has 0 bridgehead atoms. The van der Waals surface area contributed by atoms with Crippen molar-refractivity contribution in [1.29, 1.82) is 0 Å². The van der Waals surface area contributed by atoms with Crippen LogP contribution in [0.15, 0.2) is 18.5 Å². The van der Waals surface area contributed by atoms with Gasteiger partial charge in [-0.1, -0.05) is 6.92 Å². The number of nitrogens with two attached hydrogens (primary N) is 1. The van der Waals surface area contributed by atoms with E-state index in [2.05, 4.69) is 18.0 Å². The van der Waals surface area contributed by atoms with Gasteiger partial charge in [-0.05, 0) is 30.9 Å². The van der Waals surface area contributed by atoms with Gasteiger partial charge in [0.25, 0.3) is 0 Å². The van der Waals surface area contributed by atoms with E-state index in [4.69, 9.17) is 5.73 Å². The van der Waals surface area contributed by atoms with E-state index >= 15 is 0 Å². The Hall–Kier alpha value is -0.760. The molecule has 2 nitrogen and oxygen atoms in total. The summed E-state index contributed by atoms with van der Waals surface area (Å²) < 4.78 is 0. The Morgan fingerprint density at radius 1 is 1.64 bits per heavy atom. The first-order valence-corrected chi connectivity index (χ1v) is 4.20. The molecule has 0 radical (unpaired) electrons. The Kier molecular flexibility index (Phi) is 3.17. The molecule has 0 aliphatic heterocycles. The Labute approximate surface area is 67.8 Å². The quantitative estimate of drug-likeness (QED) is 0.677. The Morgan fingerprint density at radius 2 is 2.45 bits per heavy atom. The van der Waals surface area contributed by atoms with E-state index in [0.29, 0.717) is 6.04 Å². The molecule has 1 aromatic rings. The highest BCUT2D eigenvalue weighted by atomic mass is 14.6. The number of aromatic nitrogens is 1. The van der Waals surface area contributed by atoms with E-state index in [1.807, 2.05) is 12.4 Å². The molecule has 1 aromatic heterocycles. The SMILES string of the molecule is CCC(N)CCc1cc[nH]c1. The maximum Gasteiger partial charge on any atom is 0.00393 e. The van der Waals surface area contributed by atoms with Gasteiger partial charge in [0.2, 0.25) is 0 Å². The van der Waals surface area contributed by atoms with Gasteiger partial charge in [0, 0.05) is 18.4 Å². The minimum Gasteiger partial charge on any atom is -0.367 e. The number of rotatable bonds is 4. The predicted octanol–water partition coefficient (Wildman–Crippen LogP) is 1.68. The molecule has 2 heteroatoms. The van der Waals surface area contributed by atoms with Crippen molar-refractivity contribution in [2.24, 2.45) is 5.73 Å². The molecule has 0 aromatic carbocycles. The number of hydrogen-bond acceptors (Lipinski definition) is 1. The summed E-state index contributed by atoms with van der Waals surface area (Å²) in [7, 11) is 0. The first-order chi connectivity index (χ1) is 5.33. The fraction of sp³-hybridized carbons (Fsp3) is 0.556. The van der Waals surface area contributed by atoms with Gasteiger partial charge < -0.3 is 10.7 Å². The summed E-state index contributed by atoms with van der Waals surface area (Å²) in [6, 6.07) is 2.47. The highest BCUT2D eigenvalue weighted by Gasteiger charge is 1.99. The lowest BCUT2D eigenvalue weighted by Crippen LogP contribution is -2.18. The van der Waals surface area contributed by atoms with Crippen molar-refractivity contribution in [3.8, 4) is 0 Å². The summed E-state index contributed by atoms with van der Waals surface area (Å²) in [4.78, 5) is 3.03. The van der Waals surface area contributed by atoms with Crippen LogP contribution in [0.1, 0.15) is 25.3 Å². The molecule has 62 valence electrons. The molecule has 0 saturated heterocycles. The van der Waals surface area contributed by atoms with E-state index in [1.54, 1.807) is 0 Å². The standard InChI is InChI=1S/C9H16N2/c1-2-9(10)4-3-8-5-6-11-7-8/h5-7,9,11H,2-4,10H2,1H3. The van der Waals surface area contributed by atoms with Crippen molar-refractivity contribution in [2.75, 3.05) is 0 Å². The molecular weight excluding hydrogens is 136 g/mol. The normalized spacial score (nSPS) is 13.3. The molecule has 0 aliphatic carbocycles. The molecule has 3 N–H and O–H groups in total. The van der Waals surface area contributed by atoms with Crippen molar-refractivity contribution in [2.45, 2.75) is 32.2 Å². The second kappa shape index (κ2) is 4.19. The number of H-pyrrole nitrogens is 1. The molecule has 1 atom stereocenters. The zero-order chi connectivity index (χ0) is 8.10. The van der Waals surface area contributed by atoms with Crippen molar-refractivity contribution in [3.05, 3.63) is 24.0 Å². The lowest BCUT2D eigenvalue weighted by atomic mass is 10.1. The molecule has 11 heavy (non-hydrogen) atoms. The summed E-state index contributed by atoms with van der Waals surface area (Å²) >= 11 is 0. The van der Waals surface area contributed by atoms with Crippen molar-refractivity contribution in [1.82, 2.24) is 4.98 Å². The largest absolute Gasteiger partial charge is 0.367 e. The summed E-state index contributed by atoms with van der Waals surface area (Å²) in [5.41, 5.74) is 7.13. The third kappa shape index (κ3) is 2.76. The number of aromatic amines is 1. The van der Waals surface area contributed by atoms with E-state index in [-0.39, 0.29) is 0 Å². The van der Waals surface area contributed by atoms with Crippen LogP contribution in [0.5, 0.6) is 0 Å². The summed E-state index contributed by atoms with van der Waals surface area (Å²) in [6.07, 6.45) is 7.24. The maximum atomic E-state index is 5.78. The van der Waals surface area contributed by atoms with Gasteiger partial charge in [-0.15, -0.1) is 0 Å². The smallest absolute Gasteiger partial charge is 0.00393 e. The van der Waals surface area contributed by atoms with Crippen molar-refractivity contribution in [3.63, 3.8) is 0 Å². The monoisotopic (exact) mass is 152 g/mol. The van der Waals surface area contributed by atoms with Crippen LogP contribution >= 0.6 is 0 Å². The summed E-state index contributed by atoms with van der Waals surface area (Å²) in [6.45, 7) is 2.13. The molecular formula is C9H16N2. The van der Waals surface area contributed by atoms with Gasteiger partial charge in [-0.25, -0.2) is 0 Å². The number of aryl methyl sites for hydroxylation is 1. The van der Waals surface area contributed by atoms with Crippen LogP contribution in [-0.4, -0.2) is 11.0 Å². The van der Waals surface area contributed by atoms with Gasteiger partial charge in [0.05, 0.1) is 0 Å². The first-order valence-electron chi connectivity index (χ1n) is 4.20. The second-order valence-corrected chi connectivity index (χ2v) is 2.93.